The van der Waals surface area contributed by atoms with Gasteiger partial charge in [0.05, 0.1) is 6.61 Å². The highest BCUT2D eigenvalue weighted by Crippen LogP contribution is 2.32. The van der Waals surface area contributed by atoms with Crippen LogP contribution in [0.2, 0.25) is 0 Å². The minimum absolute atomic E-state index is 0.0673. The van der Waals surface area contributed by atoms with Crippen LogP contribution in [0.3, 0.4) is 0 Å². The molecule has 1 aliphatic rings. The van der Waals surface area contributed by atoms with Crippen LogP contribution in [0.1, 0.15) is 37.0 Å². The SMILES string of the molecule is CC(C)COc1cccc(C(=O)NC(CN)C2CC2)c1. The Morgan fingerprint density at radius 1 is 1.45 bits per heavy atom. The van der Waals surface area contributed by atoms with Gasteiger partial charge in [-0.1, -0.05) is 19.9 Å². The first-order valence-corrected chi connectivity index (χ1v) is 7.34. The fourth-order valence-corrected chi connectivity index (χ4v) is 2.11. The van der Waals surface area contributed by atoms with Crippen LogP contribution in [0.25, 0.3) is 0 Å². The lowest BCUT2D eigenvalue weighted by atomic mass is 10.1. The van der Waals surface area contributed by atoms with Gasteiger partial charge in [-0.2, -0.15) is 0 Å². The number of carbonyl (C=O) groups is 1. The zero-order valence-corrected chi connectivity index (χ0v) is 12.3. The van der Waals surface area contributed by atoms with Crippen molar-refractivity contribution in [1.82, 2.24) is 5.32 Å². The molecule has 0 aliphatic heterocycles. The van der Waals surface area contributed by atoms with Gasteiger partial charge in [0, 0.05) is 18.2 Å². The quantitative estimate of drug-likeness (QED) is 0.802. The van der Waals surface area contributed by atoms with Crippen molar-refractivity contribution in [2.45, 2.75) is 32.7 Å². The van der Waals surface area contributed by atoms with E-state index in [9.17, 15) is 4.79 Å². The lowest BCUT2D eigenvalue weighted by molar-refractivity contribution is 0.0933. The summed E-state index contributed by atoms with van der Waals surface area (Å²) in [6.45, 7) is 5.34. The molecule has 4 nitrogen and oxygen atoms in total. The van der Waals surface area contributed by atoms with Crippen LogP contribution in [-0.4, -0.2) is 25.1 Å². The van der Waals surface area contributed by atoms with Gasteiger partial charge >= 0.3 is 0 Å². The highest BCUT2D eigenvalue weighted by atomic mass is 16.5. The highest BCUT2D eigenvalue weighted by molar-refractivity contribution is 5.94. The predicted molar refractivity (Wildman–Crippen MR) is 79.8 cm³/mol. The third-order valence-corrected chi connectivity index (χ3v) is 3.44. The molecule has 1 amide bonds. The highest BCUT2D eigenvalue weighted by Gasteiger charge is 2.31. The Hall–Kier alpha value is -1.55. The molecular weight excluding hydrogens is 252 g/mol. The van der Waals surface area contributed by atoms with Gasteiger partial charge in [0.15, 0.2) is 0 Å². The van der Waals surface area contributed by atoms with Gasteiger partial charge < -0.3 is 15.8 Å². The van der Waals surface area contributed by atoms with E-state index in [4.69, 9.17) is 10.5 Å². The normalized spacial score (nSPS) is 16.0. The van der Waals surface area contributed by atoms with Gasteiger partial charge in [0.1, 0.15) is 5.75 Å². The molecule has 0 spiro atoms. The Morgan fingerprint density at radius 2 is 2.20 bits per heavy atom. The monoisotopic (exact) mass is 276 g/mol. The summed E-state index contributed by atoms with van der Waals surface area (Å²) >= 11 is 0. The molecular formula is C16H24N2O2. The van der Waals surface area contributed by atoms with Crippen LogP contribution in [0.4, 0.5) is 0 Å². The van der Waals surface area contributed by atoms with E-state index in [0.29, 0.717) is 30.6 Å². The van der Waals surface area contributed by atoms with E-state index in [2.05, 4.69) is 19.2 Å². The number of hydrogen-bond acceptors (Lipinski definition) is 3. The fourth-order valence-electron chi connectivity index (χ4n) is 2.11. The number of nitrogens with one attached hydrogen (secondary N) is 1. The second-order valence-electron chi connectivity index (χ2n) is 5.89. The van der Waals surface area contributed by atoms with Crippen molar-refractivity contribution in [3.8, 4) is 5.75 Å². The van der Waals surface area contributed by atoms with Crippen LogP contribution < -0.4 is 15.8 Å². The molecule has 2 rings (SSSR count). The molecule has 0 heterocycles. The van der Waals surface area contributed by atoms with E-state index in [-0.39, 0.29) is 11.9 Å². The van der Waals surface area contributed by atoms with Gasteiger partial charge in [-0.3, -0.25) is 4.79 Å². The Morgan fingerprint density at radius 3 is 2.80 bits per heavy atom. The summed E-state index contributed by atoms with van der Waals surface area (Å²) in [6.07, 6.45) is 2.33. The van der Waals surface area contributed by atoms with Gasteiger partial charge in [-0.15, -0.1) is 0 Å². The minimum Gasteiger partial charge on any atom is -0.493 e. The molecule has 3 N–H and O–H groups in total. The van der Waals surface area contributed by atoms with Gasteiger partial charge in [-0.05, 0) is 42.9 Å². The lowest BCUT2D eigenvalue weighted by Gasteiger charge is -2.16. The molecule has 1 saturated carbocycles. The number of rotatable bonds is 7. The summed E-state index contributed by atoms with van der Waals surface area (Å²) in [5, 5.41) is 3.02. The molecule has 0 bridgehead atoms. The second-order valence-corrected chi connectivity index (χ2v) is 5.89. The van der Waals surface area contributed by atoms with E-state index < -0.39 is 0 Å². The first-order valence-electron chi connectivity index (χ1n) is 7.34. The zero-order chi connectivity index (χ0) is 14.5. The van der Waals surface area contributed by atoms with Crippen molar-refractivity contribution in [1.29, 1.82) is 0 Å². The third-order valence-electron chi connectivity index (χ3n) is 3.44. The van der Waals surface area contributed by atoms with Crippen LogP contribution in [0.15, 0.2) is 24.3 Å². The summed E-state index contributed by atoms with van der Waals surface area (Å²) < 4.78 is 5.64. The Balaban J connectivity index is 1.96. The fraction of sp³-hybridized carbons (Fsp3) is 0.562. The number of nitrogens with two attached hydrogens (primary N) is 1. The molecule has 0 radical (unpaired) electrons. The van der Waals surface area contributed by atoms with Crippen molar-refractivity contribution in [3.63, 3.8) is 0 Å². The number of amides is 1. The number of benzene rings is 1. The predicted octanol–water partition coefficient (Wildman–Crippen LogP) is 2.19. The summed E-state index contributed by atoms with van der Waals surface area (Å²) in [5.74, 6) is 1.69. The van der Waals surface area contributed by atoms with E-state index in [0.717, 1.165) is 5.75 Å². The zero-order valence-electron chi connectivity index (χ0n) is 12.3. The molecule has 1 atom stereocenters. The largest absolute Gasteiger partial charge is 0.493 e. The second kappa shape index (κ2) is 6.75. The molecule has 20 heavy (non-hydrogen) atoms. The Bertz CT molecular complexity index is 456. The molecule has 110 valence electrons. The van der Waals surface area contributed by atoms with Crippen LogP contribution in [0.5, 0.6) is 5.75 Å². The average molecular weight is 276 g/mol. The smallest absolute Gasteiger partial charge is 0.251 e. The molecule has 1 fully saturated rings. The first-order chi connectivity index (χ1) is 9.60. The first kappa shape index (κ1) is 14.9. The molecule has 1 aromatic rings. The Kier molecular flexibility index (Phi) is 5.01. The molecule has 1 aliphatic carbocycles. The summed E-state index contributed by atoms with van der Waals surface area (Å²) in [7, 11) is 0. The molecule has 1 aromatic carbocycles. The third kappa shape index (κ3) is 4.23. The van der Waals surface area contributed by atoms with Crippen molar-refractivity contribution < 1.29 is 9.53 Å². The van der Waals surface area contributed by atoms with Gasteiger partial charge in [-0.25, -0.2) is 0 Å². The summed E-state index contributed by atoms with van der Waals surface area (Å²) in [5.41, 5.74) is 6.34. The van der Waals surface area contributed by atoms with Crippen molar-refractivity contribution in [2.24, 2.45) is 17.6 Å². The summed E-state index contributed by atoms with van der Waals surface area (Å²) in [4.78, 5) is 12.2. The van der Waals surface area contributed by atoms with E-state index in [1.807, 2.05) is 12.1 Å². The molecule has 4 heteroatoms. The molecule has 0 saturated heterocycles. The van der Waals surface area contributed by atoms with E-state index in [1.54, 1.807) is 12.1 Å². The van der Waals surface area contributed by atoms with Crippen molar-refractivity contribution in [3.05, 3.63) is 29.8 Å². The van der Waals surface area contributed by atoms with Gasteiger partial charge in [0.2, 0.25) is 0 Å². The average Bonchev–Trinajstić information content (AvgIpc) is 3.27. The Labute approximate surface area is 120 Å². The maximum atomic E-state index is 12.2. The molecule has 1 unspecified atom stereocenters. The van der Waals surface area contributed by atoms with Crippen LogP contribution in [0, 0.1) is 11.8 Å². The maximum Gasteiger partial charge on any atom is 0.251 e. The van der Waals surface area contributed by atoms with Crippen LogP contribution in [-0.2, 0) is 0 Å². The van der Waals surface area contributed by atoms with Crippen LogP contribution >= 0.6 is 0 Å². The standard InChI is InChI=1S/C16H24N2O2/c1-11(2)10-20-14-5-3-4-13(8-14)16(19)18-15(9-17)12-6-7-12/h3-5,8,11-12,15H,6-7,9-10,17H2,1-2H3,(H,18,19). The minimum atomic E-state index is -0.0673. The van der Waals surface area contributed by atoms with Crippen molar-refractivity contribution in [2.75, 3.05) is 13.2 Å². The van der Waals surface area contributed by atoms with E-state index in [1.165, 1.54) is 12.8 Å². The molecule has 0 aromatic heterocycles. The van der Waals surface area contributed by atoms with Gasteiger partial charge in [0.25, 0.3) is 5.91 Å². The lowest BCUT2D eigenvalue weighted by Crippen LogP contribution is -2.41. The number of ether oxygens (including phenoxy) is 1. The van der Waals surface area contributed by atoms with E-state index >= 15 is 0 Å². The van der Waals surface area contributed by atoms with Crippen molar-refractivity contribution >= 4 is 5.91 Å². The summed E-state index contributed by atoms with van der Waals surface area (Å²) in [6, 6.07) is 7.42. The number of carbonyl (C=O) groups excluding carboxylic acids is 1. The topological polar surface area (TPSA) is 64.3 Å². The maximum absolute atomic E-state index is 12.2. The number of hydrogen-bond donors (Lipinski definition) is 2.